The molecule has 1 aromatic carbocycles. The van der Waals surface area contributed by atoms with E-state index in [-0.39, 0.29) is 11.8 Å². The molecule has 1 saturated heterocycles. The third-order valence-electron chi connectivity index (χ3n) is 3.45. The van der Waals surface area contributed by atoms with Crippen molar-refractivity contribution < 1.29 is 9.53 Å². The SMILES string of the molecule is COc1cccc2sc(N3CCC(C(N)=O)C3)nc12. The number of methoxy groups -OCH3 is 1. The fourth-order valence-corrected chi connectivity index (χ4v) is 3.40. The van der Waals surface area contributed by atoms with Gasteiger partial charge in [-0.2, -0.15) is 0 Å². The molecule has 1 atom stereocenters. The van der Waals surface area contributed by atoms with Crippen molar-refractivity contribution in [3.05, 3.63) is 18.2 Å². The summed E-state index contributed by atoms with van der Waals surface area (Å²) in [7, 11) is 1.65. The van der Waals surface area contributed by atoms with Gasteiger partial charge in [-0.3, -0.25) is 4.79 Å². The van der Waals surface area contributed by atoms with Gasteiger partial charge in [-0.1, -0.05) is 17.4 Å². The minimum Gasteiger partial charge on any atom is -0.494 e. The maximum atomic E-state index is 11.2. The quantitative estimate of drug-likeness (QED) is 0.925. The summed E-state index contributed by atoms with van der Waals surface area (Å²) in [6.07, 6.45) is 0.808. The van der Waals surface area contributed by atoms with E-state index in [0.717, 1.165) is 34.1 Å². The number of primary amides is 1. The van der Waals surface area contributed by atoms with Gasteiger partial charge in [0, 0.05) is 13.1 Å². The van der Waals surface area contributed by atoms with Gasteiger partial charge in [-0.15, -0.1) is 0 Å². The number of fused-ring (bicyclic) bond motifs is 1. The molecule has 0 saturated carbocycles. The molecule has 0 radical (unpaired) electrons. The average molecular weight is 277 g/mol. The number of thiazole rings is 1. The third-order valence-corrected chi connectivity index (χ3v) is 4.53. The van der Waals surface area contributed by atoms with E-state index >= 15 is 0 Å². The summed E-state index contributed by atoms with van der Waals surface area (Å²) in [6, 6.07) is 5.89. The lowest BCUT2D eigenvalue weighted by molar-refractivity contribution is -0.121. The van der Waals surface area contributed by atoms with E-state index in [1.165, 1.54) is 0 Å². The van der Waals surface area contributed by atoms with Gasteiger partial charge in [0.05, 0.1) is 17.7 Å². The Morgan fingerprint density at radius 1 is 1.58 bits per heavy atom. The summed E-state index contributed by atoms with van der Waals surface area (Å²) < 4.78 is 6.41. The van der Waals surface area contributed by atoms with Crippen LogP contribution in [-0.2, 0) is 4.79 Å². The summed E-state index contributed by atoms with van der Waals surface area (Å²) >= 11 is 1.62. The highest BCUT2D eigenvalue weighted by atomic mass is 32.1. The second-order valence-electron chi connectivity index (χ2n) is 4.64. The molecule has 1 aliphatic rings. The topological polar surface area (TPSA) is 68.5 Å². The van der Waals surface area contributed by atoms with Crippen molar-refractivity contribution in [2.45, 2.75) is 6.42 Å². The number of anilines is 1. The van der Waals surface area contributed by atoms with Crippen LogP contribution in [0.5, 0.6) is 5.75 Å². The minimum atomic E-state index is -0.221. The summed E-state index contributed by atoms with van der Waals surface area (Å²) in [4.78, 5) is 18.0. The van der Waals surface area contributed by atoms with Gasteiger partial charge in [0.15, 0.2) is 5.13 Å². The smallest absolute Gasteiger partial charge is 0.222 e. The summed E-state index contributed by atoms with van der Waals surface area (Å²) in [5.41, 5.74) is 6.24. The first-order valence-electron chi connectivity index (χ1n) is 6.17. The lowest BCUT2D eigenvalue weighted by atomic mass is 10.1. The zero-order valence-corrected chi connectivity index (χ0v) is 11.4. The van der Waals surface area contributed by atoms with E-state index in [0.29, 0.717) is 6.54 Å². The number of aromatic nitrogens is 1. The van der Waals surface area contributed by atoms with Crippen molar-refractivity contribution in [1.29, 1.82) is 0 Å². The van der Waals surface area contributed by atoms with Crippen molar-refractivity contribution in [2.24, 2.45) is 11.7 Å². The van der Waals surface area contributed by atoms with E-state index in [4.69, 9.17) is 10.5 Å². The number of nitrogens with zero attached hydrogens (tertiary/aromatic N) is 2. The molecule has 1 unspecified atom stereocenters. The Bertz CT molecular complexity index is 625. The van der Waals surface area contributed by atoms with E-state index in [1.54, 1.807) is 18.4 Å². The van der Waals surface area contributed by atoms with Crippen molar-refractivity contribution in [1.82, 2.24) is 4.98 Å². The van der Waals surface area contributed by atoms with Crippen molar-refractivity contribution in [2.75, 3.05) is 25.1 Å². The van der Waals surface area contributed by atoms with Crippen molar-refractivity contribution in [3.8, 4) is 5.75 Å². The average Bonchev–Trinajstić information content (AvgIpc) is 3.04. The molecule has 0 bridgehead atoms. The second-order valence-corrected chi connectivity index (χ2v) is 5.65. The molecule has 3 rings (SSSR count). The fourth-order valence-electron chi connectivity index (χ4n) is 2.38. The van der Waals surface area contributed by atoms with Gasteiger partial charge in [-0.05, 0) is 18.6 Å². The van der Waals surface area contributed by atoms with Gasteiger partial charge in [0.2, 0.25) is 5.91 Å². The molecule has 5 nitrogen and oxygen atoms in total. The first-order chi connectivity index (χ1) is 9.19. The van der Waals surface area contributed by atoms with Gasteiger partial charge in [0.25, 0.3) is 0 Å². The maximum absolute atomic E-state index is 11.2. The number of hydrogen-bond donors (Lipinski definition) is 1. The van der Waals surface area contributed by atoms with Crippen molar-refractivity contribution >= 4 is 32.6 Å². The highest BCUT2D eigenvalue weighted by Crippen LogP contribution is 2.35. The molecule has 19 heavy (non-hydrogen) atoms. The highest BCUT2D eigenvalue weighted by Gasteiger charge is 2.28. The second kappa shape index (κ2) is 4.70. The van der Waals surface area contributed by atoms with E-state index < -0.39 is 0 Å². The van der Waals surface area contributed by atoms with Crippen LogP contribution in [0.4, 0.5) is 5.13 Å². The Balaban J connectivity index is 1.92. The first-order valence-corrected chi connectivity index (χ1v) is 6.98. The predicted octanol–water partition coefficient (Wildman–Crippen LogP) is 1.62. The molecule has 1 amide bonds. The lowest BCUT2D eigenvalue weighted by Gasteiger charge is -2.13. The minimum absolute atomic E-state index is 0.0612. The Hall–Kier alpha value is -1.82. The number of nitrogens with two attached hydrogens (primary N) is 1. The zero-order valence-electron chi connectivity index (χ0n) is 10.6. The molecule has 0 spiro atoms. The van der Waals surface area contributed by atoms with Crippen molar-refractivity contribution in [3.63, 3.8) is 0 Å². The molecule has 1 aliphatic heterocycles. The standard InChI is InChI=1S/C13H15N3O2S/c1-18-9-3-2-4-10-11(9)15-13(19-10)16-6-5-8(7-16)12(14)17/h2-4,8H,5-7H2,1H3,(H2,14,17). The molecule has 2 aromatic rings. The van der Waals surface area contributed by atoms with E-state index in [2.05, 4.69) is 9.88 Å². The third kappa shape index (κ3) is 2.12. The van der Waals surface area contributed by atoms with Crippen LogP contribution >= 0.6 is 11.3 Å². The molecule has 100 valence electrons. The van der Waals surface area contributed by atoms with Gasteiger partial charge >= 0.3 is 0 Å². The Morgan fingerprint density at radius 3 is 3.11 bits per heavy atom. The number of carbonyl (C=O) groups is 1. The van der Waals surface area contributed by atoms with Crippen LogP contribution in [-0.4, -0.2) is 31.1 Å². The number of ether oxygens (including phenoxy) is 1. The van der Waals surface area contributed by atoms with Crippen LogP contribution in [0.3, 0.4) is 0 Å². The first kappa shape index (κ1) is 12.2. The van der Waals surface area contributed by atoms with E-state index in [1.807, 2.05) is 18.2 Å². The fraction of sp³-hybridized carbons (Fsp3) is 0.385. The molecule has 0 aliphatic carbocycles. The van der Waals surface area contributed by atoms with E-state index in [9.17, 15) is 4.79 Å². The van der Waals surface area contributed by atoms with Crippen LogP contribution < -0.4 is 15.4 Å². The Kier molecular flexibility index (Phi) is 3.02. The van der Waals surface area contributed by atoms with Gasteiger partial charge in [0.1, 0.15) is 11.3 Å². The molecule has 6 heteroatoms. The number of amides is 1. The Labute approximate surface area is 115 Å². The number of carbonyl (C=O) groups excluding carboxylic acids is 1. The highest BCUT2D eigenvalue weighted by molar-refractivity contribution is 7.22. The maximum Gasteiger partial charge on any atom is 0.222 e. The van der Waals surface area contributed by atoms with Crippen LogP contribution in [0.1, 0.15) is 6.42 Å². The summed E-state index contributed by atoms with van der Waals surface area (Å²) in [5.74, 6) is 0.501. The summed E-state index contributed by atoms with van der Waals surface area (Å²) in [6.45, 7) is 1.49. The van der Waals surface area contributed by atoms with Gasteiger partial charge < -0.3 is 15.4 Å². The molecule has 1 aromatic heterocycles. The lowest BCUT2D eigenvalue weighted by Crippen LogP contribution is -2.27. The molecular weight excluding hydrogens is 262 g/mol. The molecule has 2 N–H and O–H groups in total. The van der Waals surface area contributed by atoms with Crippen LogP contribution in [0.2, 0.25) is 0 Å². The molecular formula is C13H15N3O2S. The molecule has 1 fully saturated rings. The van der Waals surface area contributed by atoms with Crippen LogP contribution in [0.25, 0.3) is 10.2 Å². The molecule has 2 heterocycles. The summed E-state index contributed by atoms with van der Waals surface area (Å²) in [5, 5.41) is 0.934. The number of rotatable bonds is 3. The Morgan fingerprint density at radius 2 is 2.42 bits per heavy atom. The monoisotopic (exact) mass is 277 g/mol. The number of para-hydroxylation sites is 1. The largest absolute Gasteiger partial charge is 0.494 e. The van der Waals surface area contributed by atoms with Crippen LogP contribution in [0, 0.1) is 5.92 Å². The normalized spacial score (nSPS) is 19.0. The zero-order chi connectivity index (χ0) is 13.4. The number of benzene rings is 1. The predicted molar refractivity (Wildman–Crippen MR) is 75.7 cm³/mol. The van der Waals surface area contributed by atoms with Gasteiger partial charge in [-0.25, -0.2) is 4.98 Å². The van der Waals surface area contributed by atoms with Crippen LogP contribution in [0.15, 0.2) is 18.2 Å². The number of hydrogen-bond acceptors (Lipinski definition) is 5.